The van der Waals surface area contributed by atoms with Crippen molar-refractivity contribution in [3.63, 3.8) is 0 Å². The molecule has 7 heteroatoms. The second kappa shape index (κ2) is 8.90. The number of hydrogen-bond donors (Lipinski definition) is 0. The number of rotatable bonds is 7. The first-order valence-electron chi connectivity index (χ1n) is 10.4. The molecule has 0 aromatic carbocycles. The van der Waals surface area contributed by atoms with Gasteiger partial charge in [0.2, 0.25) is 5.91 Å². The van der Waals surface area contributed by atoms with Crippen molar-refractivity contribution < 1.29 is 23.5 Å². The molecule has 2 aromatic heterocycles. The fraction of sp³-hybridized carbons (Fsp3) is 0.522. The van der Waals surface area contributed by atoms with Crippen molar-refractivity contribution in [1.82, 2.24) is 9.47 Å². The minimum atomic E-state index is -0.687. The predicted octanol–water partition coefficient (Wildman–Crippen LogP) is 3.81. The number of amides is 1. The Bertz CT molecular complexity index is 935. The number of methoxy groups -OCH3 is 1. The van der Waals surface area contributed by atoms with Gasteiger partial charge in [-0.2, -0.15) is 0 Å². The average molecular weight is 415 g/mol. The molecule has 1 amide bonds. The summed E-state index contributed by atoms with van der Waals surface area (Å²) in [5.74, 6) is -0.103. The molecule has 0 spiro atoms. The number of carbonyl (C=O) groups is 3. The summed E-state index contributed by atoms with van der Waals surface area (Å²) < 4.78 is 12.0. The summed E-state index contributed by atoms with van der Waals surface area (Å²) in [6, 6.07) is 2.89. The molecule has 2 heterocycles. The van der Waals surface area contributed by atoms with Crippen molar-refractivity contribution in [2.45, 2.75) is 59.0 Å². The second-order valence-electron chi connectivity index (χ2n) is 8.05. The van der Waals surface area contributed by atoms with Crippen molar-refractivity contribution in [3.8, 4) is 0 Å². The Labute approximate surface area is 177 Å². The van der Waals surface area contributed by atoms with E-state index in [1.807, 2.05) is 0 Å². The Morgan fingerprint density at radius 3 is 2.50 bits per heavy atom. The van der Waals surface area contributed by atoms with E-state index in [2.05, 4.69) is 0 Å². The molecule has 7 nitrogen and oxygen atoms in total. The van der Waals surface area contributed by atoms with E-state index in [0.717, 1.165) is 25.7 Å². The molecule has 1 fully saturated rings. The highest BCUT2D eigenvalue weighted by molar-refractivity contribution is 6.06. The van der Waals surface area contributed by atoms with Crippen LogP contribution in [0.2, 0.25) is 0 Å². The van der Waals surface area contributed by atoms with E-state index in [1.54, 1.807) is 55.7 Å². The van der Waals surface area contributed by atoms with Gasteiger partial charge in [-0.15, -0.1) is 0 Å². The first-order valence-corrected chi connectivity index (χ1v) is 10.4. The SMILES string of the molecule is COC(=O)c1c(C)c(C(=O)[C@H](C)N(Cc2ccco2)C(=O)C2CCCC2)c(C)n1C. The third kappa shape index (κ3) is 3.93. The molecule has 0 aliphatic heterocycles. The molecule has 0 N–H and O–H groups in total. The van der Waals surface area contributed by atoms with Crippen LogP contribution in [0.3, 0.4) is 0 Å². The number of furan rings is 1. The lowest BCUT2D eigenvalue weighted by molar-refractivity contribution is -0.137. The van der Waals surface area contributed by atoms with E-state index >= 15 is 0 Å². The molecule has 0 radical (unpaired) electrons. The van der Waals surface area contributed by atoms with Crippen molar-refractivity contribution in [3.05, 3.63) is 46.7 Å². The molecule has 3 rings (SSSR count). The predicted molar refractivity (Wildman–Crippen MR) is 111 cm³/mol. The molecule has 0 saturated heterocycles. The fourth-order valence-electron chi connectivity index (χ4n) is 4.46. The zero-order valence-electron chi connectivity index (χ0n) is 18.4. The topological polar surface area (TPSA) is 81.8 Å². The minimum absolute atomic E-state index is 0.0100. The second-order valence-corrected chi connectivity index (χ2v) is 8.05. The average Bonchev–Trinajstić information content (AvgIpc) is 3.47. The Hall–Kier alpha value is -2.83. The van der Waals surface area contributed by atoms with Gasteiger partial charge < -0.3 is 18.6 Å². The van der Waals surface area contributed by atoms with Gasteiger partial charge in [-0.05, 0) is 51.3 Å². The highest BCUT2D eigenvalue weighted by Crippen LogP contribution is 2.30. The van der Waals surface area contributed by atoms with Crippen LogP contribution in [0.1, 0.15) is 70.5 Å². The molecular formula is C23H30N2O5. The molecular weight excluding hydrogens is 384 g/mol. The zero-order valence-corrected chi connectivity index (χ0v) is 18.4. The Balaban J connectivity index is 1.96. The molecule has 0 bridgehead atoms. The quantitative estimate of drug-likeness (QED) is 0.508. The van der Waals surface area contributed by atoms with Gasteiger partial charge in [0.05, 0.1) is 26.0 Å². The monoisotopic (exact) mass is 414 g/mol. The summed E-state index contributed by atoms with van der Waals surface area (Å²) in [7, 11) is 3.06. The van der Waals surface area contributed by atoms with Gasteiger partial charge in [0.1, 0.15) is 11.5 Å². The summed E-state index contributed by atoms with van der Waals surface area (Å²) in [6.45, 7) is 5.54. The largest absolute Gasteiger partial charge is 0.467 e. The van der Waals surface area contributed by atoms with Crippen LogP contribution in [0.15, 0.2) is 22.8 Å². The maximum atomic E-state index is 13.6. The van der Waals surface area contributed by atoms with Gasteiger partial charge >= 0.3 is 5.97 Å². The summed E-state index contributed by atoms with van der Waals surface area (Å²) in [5, 5.41) is 0. The standard InChI is InChI=1S/C23H30N2O5/c1-14-19(15(2)24(4)20(14)23(28)29-5)21(26)16(3)25(13-18-11-8-12-30-18)22(27)17-9-6-7-10-17/h8,11-12,16-17H,6-7,9-10,13H2,1-5H3/t16-/m0/s1. The third-order valence-electron chi connectivity index (χ3n) is 6.30. The maximum Gasteiger partial charge on any atom is 0.354 e. The van der Waals surface area contributed by atoms with Gasteiger partial charge in [0.15, 0.2) is 5.78 Å². The molecule has 1 aliphatic carbocycles. The van der Waals surface area contributed by atoms with Crippen LogP contribution < -0.4 is 0 Å². The number of ketones is 1. The number of ether oxygens (including phenoxy) is 1. The highest BCUT2D eigenvalue weighted by atomic mass is 16.5. The molecule has 30 heavy (non-hydrogen) atoms. The lowest BCUT2D eigenvalue weighted by atomic mass is 9.98. The lowest BCUT2D eigenvalue weighted by Crippen LogP contribution is -2.45. The molecule has 1 saturated carbocycles. The van der Waals surface area contributed by atoms with Gasteiger partial charge in [-0.1, -0.05) is 12.8 Å². The first kappa shape index (κ1) is 21.9. The first-order chi connectivity index (χ1) is 14.3. The smallest absolute Gasteiger partial charge is 0.354 e. The van der Waals surface area contributed by atoms with Crippen molar-refractivity contribution in [2.75, 3.05) is 7.11 Å². The number of nitrogens with zero attached hydrogens (tertiary/aromatic N) is 2. The van der Waals surface area contributed by atoms with Crippen LogP contribution in [-0.4, -0.2) is 40.3 Å². The van der Waals surface area contributed by atoms with Crippen molar-refractivity contribution >= 4 is 17.7 Å². The van der Waals surface area contributed by atoms with E-state index in [4.69, 9.17) is 9.15 Å². The van der Waals surface area contributed by atoms with Gasteiger partial charge in [0.25, 0.3) is 0 Å². The van der Waals surface area contributed by atoms with Gasteiger partial charge in [-0.25, -0.2) is 4.79 Å². The lowest BCUT2D eigenvalue weighted by Gasteiger charge is -2.30. The van der Waals surface area contributed by atoms with Crippen LogP contribution in [0.5, 0.6) is 0 Å². The number of Topliss-reactive ketones (excluding diaryl/α,β-unsaturated/α-hetero) is 1. The Morgan fingerprint density at radius 2 is 1.93 bits per heavy atom. The number of esters is 1. The summed E-state index contributed by atoms with van der Waals surface area (Å²) in [4.78, 5) is 40.7. The third-order valence-corrected chi connectivity index (χ3v) is 6.30. The number of aromatic nitrogens is 1. The Kier molecular flexibility index (Phi) is 6.48. The van der Waals surface area contributed by atoms with E-state index in [-0.39, 0.29) is 24.2 Å². The van der Waals surface area contributed by atoms with Gasteiger partial charge in [0, 0.05) is 24.2 Å². The van der Waals surface area contributed by atoms with Crippen LogP contribution in [0.25, 0.3) is 0 Å². The minimum Gasteiger partial charge on any atom is -0.467 e. The van der Waals surface area contributed by atoms with Crippen LogP contribution in [0, 0.1) is 19.8 Å². The zero-order chi connectivity index (χ0) is 22.0. The van der Waals surface area contributed by atoms with Crippen LogP contribution in [0.4, 0.5) is 0 Å². The summed E-state index contributed by atoms with van der Waals surface area (Å²) in [5.41, 5.74) is 2.07. The Morgan fingerprint density at radius 1 is 1.27 bits per heavy atom. The van der Waals surface area contributed by atoms with Crippen LogP contribution in [-0.2, 0) is 23.1 Å². The van der Waals surface area contributed by atoms with Crippen LogP contribution >= 0.6 is 0 Å². The summed E-state index contributed by atoms with van der Waals surface area (Å²) >= 11 is 0. The van der Waals surface area contributed by atoms with E-state index < -0.39 is 12.0 Å². The van der Waals surface area contributed by atoms with E-state index in [1.165, 1.54) is 7.11 Å². The fourth-order valence-corrected chi connectivity index (χ4v) is 4.46. The molecule has 1 atom stereocenters. The van der Waals surface area contributed by atoms with Gasteiger partial charge in [-0.3, -0.25) is 9.59 Å². The maximum absolute atomic E-state index is 13.6. The summed E-state index contributed by atoms with van der Waals surface area (Å²) in [6.07, 6.45) is 5.34. The molecule has 0 unspecified atom stereocenters. The number of carbonyl (C=O) groups excluding carboxylic acids is 3. The van der Waals surface area contributed by atoms with E-state index in [0.29, 0.717) is 28.3 Å². The van der Waals surface area contributed by atoms with E-state index in [9.17, 15) is 14.4 Å². The normalized spacial score (nSPS) is 15.2. The van der Waals surface area contributed by atoms with Crippen molar-refractivity contribution in [1.29, 1.82) is 0 Å². The van der Waals surface area contributed by atoms with Crippen molar-refractivity contribution in [2.24, 2.45) is 13.0 Å². The molecule has 2 aromatic rings. The highest BCUT2D eigenvalue weighted by Gasteiger charge is 2.36. The molecule has 1 aliphatic rings. The molecule has 162 valence electrons. The number of hydrogen-bond acceptors (Lipinski definition) is 5.